The van der Waals surface area contributed by atoms with Crippen LogP contribution in [0.15, 0.2) is 72.4 Å². The molecule has 2 aromatic carbocycles. The van der Waals surface area contributed by atoms with Crippen LogP contribution in [0.2, 0.25) is 0 Å². The Kier molecular flexibility index (Phi) is 7.01. The Balaban J connectivity index is 1.87. The van der Waals surface area contributed by atoms with Crippen molar-refractivity contribution in [3.8, 4) is 17.2 Å². The molecule has 0 saturated carbocycles. The Labute approximate surface area is 203 Å². The number of Topliss-reactive ketones (excluding diaryl/α,β-unsaturated/α-hetero) is 1. The highest BCUT2D eigenvalue weighted by Crippen LogP contribution is 2.43. The number of aliphatic hydroxyl groups is 1. The molecule has 1 amide bonds. The molecule has 0 unspecified atom stereocenters. The van der Waals surface area contributed by atoms with Gasteiger partial charge < -0.3 is 19.3 Å². The van der Waals surface area contributed by atoms with E-state index in [-0.39, 0.29) is 17.2 Å². The SMILES string of the molecule is CCCOc1ccc(C(O)=C2C(=O)C(=O)N(c3ccccn3)[C@H]2c2ccc(OC)c(OC)c2)cc1. The van der Waals surface area contributed by atoms with E-state index in [1.165, 1.54) is 25.3 Å². The third-order valence-electron chi connectivity index (χ3n) is 5.66. The number of methoxy groups -OCH3 is 2. The van der Waals surface area contributed by atoms with Crippen molar-refractivity contribution in [2.45, 2.75) is 19.4 Å². The molecular formula is C27H26N2O6. The quantitative estimate of drug-likeness (QED) is 0.291. The largest absolute Gasteiger partial charge is 0.507 e. The van der Waals surface area contributed by atoms with Crippen LogP contribution in [0.25, 0.3) is 5.76 Å². The summed E-state index contributed by atoms with van der Waals surface area (Å²) in [7, 11) is 3.02. The average molecular weight is 475 g/mol. The van der Waals surface area contributed by atoms with Crippen LogP contribution in [0.3, 0.4) is 0 Å². The smallest absolute Gasteiger partial charge is 0.301 e. The Bertz CT molecular complexity index is 1250. The van der Waals surface area contributed by atoms with Gasteiger partial charge in [-0.05, 0) is 60.5 Å². The standard InChI is InChI=1S/C27H26N2O6/c1-4-15-35-19-11-8-17(9-12-19)25(30)23-24(18-10-13-20(33-2)21(16-18)34-3)29(27(32)26(23)31)22-7-5-6-14-28-22/h5-14,16,24,30H,4,15H2,1-3H3/t24-/m0/s1. The number of amides is 1. The fraction of sp³-hybridized carbons (Fsp3) is 0.222. The Morgan fingerprint density at radius 1 is 1.00 bits per heavy atom. The van der Waals surface area contributed by atoms with Gasteiger partial charge in [0.1, 0.15) is 17.3 Å². The van der Waals surface area contributed by atoms with Gasteiger partial charge in [-0.1, -0.05) is 19.1 Å². The van der Waals surface area contributed by atoms with Crippen LogP contribution in [-0.4, -0.2) is 42.6 Å². The fourth-order valence-electron chi connectivity index (χ4n) is 3.99. The molecule has 1 aliphatic rings. The number of carbonyl (C=O) groups excluding carboxylic acids is 2. The van der Waals surface area contributed by atoms with Crippen molar-refractivity contribution in [3.63, 3.8) is 0 Å². The molecule has 1 fully saturated rings. The molecule has 1 aromatic heterocycles. The van der Waals surface area contributed by atoms with Gasteiger partial charge in [0.2, 0.25) is 0 Å². The van der Waals surface area contributed by atoms with Crippen molar-refractivity contribution >= 4 is 23.3 Å². The third kappa shape index (κ3) is 4.55. The van der Waals surface area contributed by atoms with E-state index in [9.17, 15) is 14.7 Å². The summed E-state index contributed by atoms with van der Waals surface area (Å²) in [5.41, 5.74) is 0.894. The Hall–Kier alpha value is -4.33. The number of hydrogen-bond acceptors (Lipinski definition) is 7. The number of rotatable bonds is 8. The molecule has 4 rings (SSSR count). The highest BCUT2D eigenvalue weighted by atomic mass is 16.5. The second-order valence-corrected chi connectivity index (χ2v) is 7.84. The van der Waals surface area contributed by atoms with Gasteiger partial charge in [0, 0.05) is 11.8 Å². The summed E-state index contributed by atoms with van der Waals surface area (Å²) < 4.78 is 16.4. The molecule has 0 spiro atoms. The first kappa shape index (κ1) is 23.8. The summed E-state index contributed by atoms with van der Waals surface area (Å²) in [4.78, 5) is 32.0. The number of ketones is 1. The van der Waals surface area contributed by atoms with Gasteiger partial charge in [-0.25, -0.2) is 4.98 Å². The maximum Gasteiger partial charge on any atom is 0.301 e. The van der Waals surface area contributed by atoms with Gasteiger partial charge >= 0.3 is 5.91 Å². The van der Waals surface area contributed by atoms with E-state index in [1.807, 2.05) is 6.92 Å². The predicted octanol–water partition coefficient (Wildman–Crippen LogP) is 4.51. The van der Waals surface area contributed by atoms with Crippen LogP contribution < -0.4 is 19.1 Å². The normalized spacial score (nSPS) is 16.9. The number of benzene rings is 2. The van der Waals surface area contributed by atoms with Gasteiger partial charge in [-0.15, -0.1) is 0 Å². The average Bonchev–Trinajstić information content (AvgIpc) is 3.17. The van der Waals surface area contributed by atoms with E-state index in [0.29, 0.717) is 35.0 Å². The summed E-state index contributed by atoms with van der Waals surface area (Å²) >= 11 is 0. The zero-order chi connectivity index (χ0) is 24.9. The fourth-order valence-corrected chi connectivity index (χ4v) is 3.99. The molecule has 1 atom stereocenters. The molecular weight excluding hydrogens is 448 g/mol. The van der Waals surface area contributed by atoms with Crippen molar-refractivity contribution in [2.24, 2.45) is 0 Å². The van der Waals surface area contributed by atoms with E-state index in [0.717, 1.165) is 6.42 Å². The number of carbonyl (C=O) groups is 2. The molecule has 0 aliphatic carbocycles. The van der Waals surface area contributed by atoms with Gasteiger partial charge in [-0.2, -0.15) is 0 Å². The third-order valence-corrected chi connectivity index (χ3v) is 5.66. The molecule has 0 bridgehead atoms. The minimum atomic E-state index is -0.930. The van der Waals surface area contributed by atoms with Crippen molar-refractivity contribution in [3.05, 3.63) is 83.6 Å². The second-order valence-electron chi connectivity index (χ2n) is 7.84. The minimum absolute atomic E-state index is 0.0462. The molecule has 2 heterocycles. The Morgan fingerprint density at radius 2 is 1.74 bits per heavy atom. The summed E-state index contributed by atoms with van der Waals surface area (Å²) in [6, 6.07) is 16.0. The summed E-state index contributed by atoms with van der Waals surface area (Å²) in [5.74, 6) is -0.0240. The number of aliphatic hydroxyl groups excluding tert-OH is 1. The second kappa shape index (κ2) is 10.3. The lowest BCUT2D eigenvalue weighted by molar-refractivity contribution is -0.132. The monoisotopic (exact) mass is 474 g/mol. The first-order chi connectivity index (χ1) is 17.0. The predicted molar refractivity (Wildman–Crippen MR) is 131 cm³/mol. The zero-order valence-corrected chi connectivity index (χ0v) is 19.7. The van der Waals surface area contributed by atoms with E-state index >= 15 is 0 Å². The molecule has 1 aliphatic heterocycles. The number of nitrogens with zero attached hydrogens (tertiary/aromatic N) is 2. The van der Waals surface area contributed by atoms with Crippen LogP contribution >= 0.6 is 0 Å². The van der Waals surface area contributed by atoms with E-state index < -0.39 is 17.7 Å². The molecule has 8 nitrogen and oxygen atoms in total. The molecule has 35 heavy (non-hydrogen) atoms. The van der Waals surface area contributed by atoms with Crippen LogP contribution in [0.5, 0.6) is 17.2 Å². The lowest BCUT2D eigenvalue weighted by Gasteiger charge is -2.25. The van der Waals surface area contributed by atoms with Gasteiger partial charge in [0.25, 0.3) is 5.78 Å². The lowest BCUT2D eigenvalue weighted by atomic mass is 9.95. The van der Waals surface area contributed by atoms with E-state index in [1.54, 1.807) is 60.7 Å². The summed E-state index contributed by atoms with van der Waals surface area (Å²) in [5, 5.41) is 11.3. The number of pyridine rings is 1. The van der Waals surface area contributed by atoms with Gasteiger partial charge in [0.15, 0.2) is 11.5 Å². The topological polar surface area (TPSA) is 98.2 Å². The number of aromatic nitrogens is 1. The lowest BCUT2D eigenvalue weighted by Crippen LogP contribution is -2.30. The summed E-state index contributed by atoms with van der Waals surface area (Å²) in [6.07, 6.45) is 2.40. The van der Waals surface area contributed by atoms with Gasteiger partial charge in [0.05, 0.1) is 32.4 Å². The van der Waals surface area contributed by atoms with Crippen molar-refractivity contribution < 1.29 is 28.9 Å². The highest BCUT2D eigenvalue weighted by Gasteiger charge is 2.47. The molecule has 0 radical (unpaired) electrons. The maximum absolute atomic E-state index is 13.3. The van der Waals surface area contributed by atoms with Crippen molar-refractivity contribution in [2.75, 3.05) is 25.7 Å². The van der Waals surface area contributed by atoms with Gasteiger partial charge in [-0.3, -0.25) is 14.5 Å². The van der Waals surface area contributed by atoms with E-state index in [4.69, 9.17) is 14.2 Å². The Morgan fingerprint density at radius 3 is 2.37 bits per heavy atom. The van der Waals surface area contributed by atoms with Crippen LogP contribution in [-0.2, 0) is 9.59 Å². The first-order valence-corrected chi connectivity index (χ1v) is 11.2. The first-order valence-electron chi connectivity index (χ1n) is 11.2. The van der Waals surface area contributed by atoms with Crippen molar-refractivity contribution in [1.29, 1.82) is 0 Å². The molecule has 8 heteroatoms. The molecule has 1 N–H and O–H groups in total. The maximum atomic E-state index is 13.3. The van der Waals surface area contributed by atoms with Crippen LogP contribution in [0.4, 0.5) is 5.82 Å². The minimum Gasteiger partial charge on any atom is -0.507 e. The summed E-state index contributed by atoms with van der Waals surface area (Å²) in [6.45, 7) is 2.58. The number of hydrogen-bond donors (Lipinski definition) is 1. The molecule has 3 aromatic rings. The van der Waals surface area contributed by atoms with E-state index in [2.05, 4.69) is 4.98 Å². The molecule has 180 valence electrons. The highest BCUT2D eigenvalue weighted by molar-refractivity contribution is 6.51. The zero-order valence-electron chi connectivity index (χ0n) is 19.7. The number of anilines is 1. The van der Waals surface area contributed by atoms with Crippen LogP contribution in [0, 0.1) is 0 Å². The molecule has 1 saturated heterocycles. The van der Waals surface area contributed by atoms with Crippen molar-refractivity contribution in [1.82, 2.24) is 4.98 Å². The van der Waals surface area contributed by atoms with Crippen LogP contribution in [0.1, 0.15) is 30.5 Å². The number of ether oxygens (including phenoxy) is 3.